The van der Waals surface area contributed by atoms with Crippen molar-refractivity contribution in [2.45, 2.75) is 19.8 Å². The first-order valence-corrected chi connectivity index (χ1v) is 6.58. The fraction of sp³-hybridized carbons (Fsp3) is 0.500. The van der Waals surface area contributed by atoms with Crippen LogP contribution in [-0.2, 0) is 0 Å². The Kier molecular flexibility index (Phi) is 4.19. The van der Waals surface area contributed by atoms with Gasteiger partial charge in [0.1, 0.15) is 0 Å². The van der Waals surface area contributed by atoms with E-state index in [1.807, 2.05) is 12.1 Å². The summed E-state index contributed by atoms with van der Waals surface area (Å²) in [5.41, 5.74) is 0.720. The van der Waals surface area contributed by atoms with Gasteiger partial charge in [-0.05, 0) is 31.0 Å². The van der Waals surface area contributed by atoms with Gasteiger partial charge in [0.25, 0.3) is 0 Å². The molecule has 1 atom stereocenters. The monoisotopic (exact) mass is 251 g/mol. The van der Waals surface area contributed by atoms with Crippen LogP contribution in [0, 0.1) is 5.92 Å². The zero-order valence-electron chi connectivity index (χ0n) is 10.2. The minimum absolute atomic E-state index is 0.171. The van der Waals surface area contributed by atoms with Crippen molar-refractivity contribution < 1.29 is 4.79 Å². The third-order valence-corrected chi connectivity index (χ3v) is 3.70. The molecule has 0 radical (unpaired) electrons. The number of likely N-dealkylation sites (tertiary alicyclic amines) is 1. The molecule has 0 amide bonds. The zero-order chi connectivity index (χ0) is 12.3. The summed E-state index contributed by atoms with van der Waals surface area (Å²) in [4.78, 5) is 14.3. The van der Waals surface area contributed by atoms with E-state index in [1.165, 1.54) is 12.8 Å². The van der Waals surface area contributed by atoms with Gasteiger partial charge in [0.2, 0.25) is 0 Å². The summed E-state index contributed by atoms with van der Waals surface area (Å²) in [5.74, 6) is 0.936. The molecule has 17 heavy (non-hydrogen) atoms. The fourth-order valence-electron chi connectivity index (χ4n) is 2.35. The number of rotatable bonds is 4. The summed E-state index contributed by atoms with van der Waals surface area (Å²) >= 11 is 5.89. The third-order valence-electron chi connectivity index (χ3n) is 3.46. The Morgan fingerprint density at radius 2 is 2.35 bits per heavy atom. The van der Waals surface area contributed by atoms with Crippen LogP contribution in [0.3, 0.4) is 0 Å². The maximum atomic E-state index is 12.0. The smallest absolute Gasteiger partial charge is 0.176 e. The SMILES string of the molecule is CCC1CCN(CC(=O)c2cccc(Cl)c2)C1. The number of carbonyl (C=O) groups excluding carboxylic acids is 1. The number of ketones is 1. The molecule has 3 heteroatoms. The van der Waals surface area contributed by atoms with Gasteiger partial charge in [-0.25, -0.2) is 0 Å². The molecule has 1 aliphatic heterocycles. The molecule has 2 rings (SSSR count). The molecule has 1 unspecified atom stereocenters. The van der Waals surface area contributed by atoms with Crippen molar-refractivity contribution in [3.63, 3.8) is 0 Å². The van der Waals surface area contributed by atoms with Crippen molar-refractivity contribution in [1.29, 1.82) is 0 Å². The zero-order valence-corrected chi connectivity index (χ0v) is 10.9. The molecule has 0 aliphatic carbocycles. The number of nitrogens with zero attached hydrogens (tertiary/aromatic N) is 1. The van der Waals surface area contributed by atoms with Crippen molar-refractivity contribution in [3.05, 3.63) is 34.9 Å². The van der Waals surface area contributed by atoms with Crippen LogP contribution in [0.15, 0.2) is 24.3 Å². The number of halogens is 1. The second kappa shape index (κ2) is 5.65. The highest BCUT2D eigenvalue weighted by Crippen LogP contribution is 2.19. The van der Waals surface area contributed by atoms with Crippen LogP contribution >= 0.6 is 11.6 Å². The van der Waals surface area contributed by atoms with Crippen LogP contribution in [0.25, 0.3) is 0 Å². The van der Waals surface area contributed by atoms with Crippen molar-refractivity contribution in [2.24, 2.45) is 5.92 Å². The fourth-order valence-corrected chi connectivity index (χ4v) is 2.54. The third kappa shape index (κ3) is 3.30. The molecule has 0 spiro atoms. The Balaban J connectivity index is 1.94. The summed E-state index contributed by atoms with van der Waals surface area (Å²) in [7, 11) is 0. The summed E-state index contributed by atoms with van der Waals surface area (Å²) in [5, 5.41) is 0.628. The standard InChI is InChI=1S/C14H18ClNO/c1-2-11-6-7-16(9-11)10-14(17)12-4-3-5-13(15)8-12/h3-5,8,11H,2,6-7,9-10H2,1H3. The topological polar surface area (TPSA) is 20.3 Å². The minimum Gasteiger partial charge on any atom is -0.296 e. The Hall–Kier alpha value is -0.860. The Labute approximate surface area is 108 Å². The molecule has 1 aromatic carbocycles. The molecule has 1 aliphatic rings. The minimum atomic E-state index is 0.171. The normalized spacial score (nSPS) is 20.7. The van der Waals surface area contributed by atoms with E-state index >= 15 is 0 Å². The van der Waals surface area contributed by atoms with E-state index in [0.717, 1.165) is 24.6 Å². The van der Waals surface area contributed by atoms with Gasteiger partial charge >= 0.3 is 0 Å². The van der Waals surface area contributed by atoms with E-state index < -0.39 is 0 Å². The highest BCUT2D eigenvalue weighted by molar-refractivity contribution is 6.31. The summed E-state index contributed by atoms with van der Waals surface area (Å²) in [6.07, 6.45) is 2.43. The van der Waals surface area contributed by atoms with Crippen LogP contribution in [0.4, 0.5) is 0 Å². The molecule has 1 saturated heterocycles. The lowest BCUT2D eigenvalue weighted by molar-refractivity contribution is 0.0943. The second-order valence-corrected chi connectivity index (χ2v) is 5.17. The molecule has 0 N–H and O–H groups in total. The number of carbonyl (C=O) groups is 1. The van der Waals surface area contributed by atoms with Crippen LogP contribution in [0.5, 0.6) is 0 Å². The molecule has 1 fully saturated rings. The summed E-state index contributed by atoms with van der Waals surface area (Å²) in [6.45, 7) is 4.84. The maximum absolute atomic E-state index is 12.0. The van der Waals surface area contributed by atoms with E-state index in [2.05, 4.69) is 11.8 Å². The predicted octanol–water partition coefficient (Wildman–Crippen LogP) is 3.25. The van der Waals surface area contributed by atoms with Gasteiger partial charge in [0.15, 0.2) is 5.78 Å². The Morgan fingerprint density at radius 1 is 1.53 bits per heavy atom. The lowest BCUT2D eigenvalue weighted by atomic mass is 10.1. The Morgan fingerprint density at radius 3 is 3.00 bits per heavy atom. The second-order valence-electron chi connectivity index (χ2n) is 4.73. The summed E-state index contributed by atoms with van der Waals surface area (Å²) in [6, 6.07) is 7.20. The number of benzene rings is 1. The lowest BCUT2D eigenvalue weighted by Crippen LogP contribution is -2.27. The predicted molar refractivity (Wildman–Crippen MR) is 70.6 cm³/mol. The number of hydrogen-bond acceptors (Lipinski definition) is 2. The Bertz CT molecular complexity index is 405. The van der Waals surface area contributed by atoms with E-state index in [1.54, 1.807) is 12.1 Å². The van der Waals surface area contributed by atoms with Gasteiger partial charge in [-0.3, -0.25) is 9.69 Å². The average molecular weight is 252 g/mol. The van der Waals surface area contributed by atoms with Crippen molar-refractivity contribution in [3.8, 4) is 0 Å². The van der Waals surface area contributed by atoms with Crippen LogP contribution in [0.2, 0.25) is 5.02 Å². The van der Waals surface area contributed by atoms with Gasteiger partial charge in [-0.15, -0.1) is 0 Å². The van der Waals surface area contributed by atoms with Gasteiger partial charge < -0.3 is 0 Å². The van der Waals surface area contributed by atoms with Crippen LogP contribution in [-0.4, -0.2) is 30.3 Å². The number of hydrogen-bond donors (Lipinski definition) is 0. The maximum Gasteiger partial charge on any atom is 0.176 e. The molecular formula is C14H18ClNO. The largest absolute Gasteiger partial charge is 0.296 e. The van der Waals surface area contributed by atoms with Crippen molar-refractivity contribution in [2.75, 3.05) is 19.6 Å². The van der Waals surface area contributed by atoms with E-state index in [4.69, 9.17) is 11.6 Å². The quantitative estimate of drug-likeness (QED) is 0.766. The van der Waals surface area contributed by atoms with Crippen molar-refractivity contribution in [1.82, 2.24) is 4.90 Å². The molecule has 2 nitrogen and oxygen atoms in total. The van der Waals surface area contributed by atoms with E-state index in [0.29, 0.717) is 11.6 Å². The molecular weight excluding hydrogens is 234 g/mol. The number of Topliss-reactive ketones (excluding diaryl/α,β-unsaturated/α-hetero) is 1. The first-order chi connectivity index (χ1) is 8.19. The van der Waals surface area contributed by atoms with Gasteiger partial charge in [0.05, 0.1) is 6.54 Å². The molecule has 0 saturated carbocycles. The lowest BCUT2D eigenvalue weighted by Gasteiger charge is -2.14. The van der Waals surface area contributed by atoms with Crippen LogP contribution in [0.1, 0.15) is 30.1 Å². The average Bonchev–Trinajstić information content (AvgIpc) is 2.77. The molecule has 1 heterocycles. The summed E-state index contributed by atoms with van der Waals surface area (Å²) < 4.78 is 0. The van der Waals surface area contributed by atoms with Crippen LogP contribution < -0.4 is 0 Å². The highest BCUT2D eigenvalue weighted by atomic mass is 35.5. The first kappa shape index (κ1) is 12.6. The first-order valence-electron chi connectivity index (χ1n) is 6.20. The van der Waals surface area contributed by atoms with Gasteiger partial charge in [-0.2, -0.15) is 0 Å². The van der Waals surface area contributed by atoms with Gasteiger partial charge in [0, 0.05) is 17.1 Å². The molecule has 0 bridgehead atoms. The van der Waals surface area contributed by atoms with Crippen molar-refractivity contribution >= 4 is 17.4 Å². The molecule has 1 aromatic rings. The van der Waals surface area contributed by atoms with E-state index in [9.17, 15) is 4.79 Å². The highest BCUT2D eigenvalue weighted by Gasteiger charge is 2.22. The van der Waals surface area contributed by atoms with E-state index in [-0.39, 0.29) is 5.78 Å². The molecule has 92 valence electrons. The molecule has 0 aromatic heterocycles. The van der Waals surface area contributed by atoms with Gasteiger partial charge in [-0.1, -0.05) is 37.1 Å².